The van der Waals surface area contributed by atoms with Crippen LogP contribution >= 0.6 is 11.6 Å². The molecule has 0 aliphatic carbocycles. The second kappa shape index (κ2) is 5.66. The van der Waals surface area contributed by atoms with E-state index in [0.717, 1.165) is 18.2 Å². The van der Waals surface area contributed by atoms with E-state index in [1.807, 2.05) is 0 Å². The standard InChI is InChI=1S/C13H7ClFNO4/c14-12-7-9(16(18)19)4-5-11(12)13(17)20-10-3-1-2-8(15)6-10/h1-7H. The molecule has 2 aromatic rings. The number of benzene rings is 2. The summed E-state index contributed by atoms with van der Waals surface area (Å²) >= 11 is 5.79. The Morgan fingerprint density at radius 2 is 2.00 bits per heavy atom. The largest absolute Gasteiger partial charge is 0.423 e. The van der Waals surface area contributed by atoms with Crippen LogP contribution in [0.15, 0.2) is 42.5 Å². The first-order valence-electron chi connectivity index (χ1n) is 5.39. The van der Waals surface area contributed by atoms with E-state index in [1.54, 1.807) is 0 Å². The van der Waals surface area contributed by atoms with Gasteiger partial charge in [0.15, 0.2) is 0 Å². The maximum atomic E-state index is 12.9. The zero-order chi connectivity index (χ0) is 14.7. The minimum absolute atomic E-state index is 0.0180. The predicted octanol–water partition coefficient (Wildman–Crippen LogP) is 3.61. The molecular weight excluding hydrogens is 289 g/mol. The van der Waals surface area contributed by atoms with Crippen LogP contribution in [0.4, 0.5) is 10.1 Å². The number of carbonyl (C=O) groups excluding carboxylic acids is 1. The van der Waals surface area contributed by atoms with Gasteiger partial charge in [-0.25, -0.2) is 9.18 Å². The summed E-state index contributed by atoms with van der Waals surface area (Å²) < 4.78 is 17.9. The molecule has 0 aliphatic heterocycles. The van der Waals surface area contributed by atoms with Gasteiger partial charge in [0.05, 0.1) is 15.5 Å². The topological polar surface area (TPSA) is 69.4 Å². The van der Waals surface area contributed by atoms with Crippen molar-refractivity contribution in [2.75, 3.05) is 0 Å². The van der Waals surface area contributed by atoms with E-state index in [1.165, 1.54) is 24.3 Å². The molecule has 0 atom stereocenters. The van der Waals surface area contributed by atoms with E-state index in [-0.39, 0.29) is 22.0 Å². The lowest BCUT2D eigenvalue weighted by Crippen LogP contribution is -2.09. The molecule has 0 fully saturated rings. The molecule has 0 radical (unpaired) electrons. The summed E-state index contributed by atoms with van der Waals surface area (Å²) in [6.45, 7) is 0. The number of nitro benzene ring substituents is 1. The van der Waals surface area contributed by atoms with Gasteiger partial charge in [-0.3, -0.25) is 10.1 Å². The number of nitrogens with zero attached hydrogens (tertiary/aromatic N) is 1. The number of carbonyl (C=O) groups is 1. The Kier molecular flexibility index (Phi) is 3.95. The van der Waals surface area contributed by atoms with Crippen LogP contribution in [-0.2, 0) is 0 Å². The number of hydrogen-bond donors (Lipinski definition) is 0. The molecule has 2 aromatic carbocycles. The molecule has 102 valence electrons. The smallest absolute Gasteiger partial charge is 0.345 e. The van der Waals surface area contributed by atoms with E-state index in [2.05, 4.69) is 0 Å². The first-order chi connectivity index (χ1) is 9.47. The van der Waals surface area contributed by atoms with E-state index >= 15 is 0 Å². The fraction of sp³-hybridized carbons (Fsp3) is 0. The highest BCUT2D eigenvalue weighted by Gasteiger charge is 2.16. The summed E-state index contributed by atoms with van der Waals surface area (Å²) in [6, 6.07) is 8.39. The zero-order valence-electron chi connectivity index (χ0n) is 9.88. The quantitative estimate of drug-likeness (QED) is 0.375. The lowest BCUT2D eigenvalue weighted by atomic mass is 10.2. The van der Waals surface area contributed by atoms with E-state index in [0.29, 0.717) is 0 Å². The molecule has 0 heterocycles. The average Bonchev–Trinajstić information content (AvgIpc) is 2.38. The number of non-ortho nitro benzene ring substituents is 1. The summed E-state index contributed by atoms with van der Waals surface area (Å²) in [4.78, 5) is 21.7. The van der Waals surface area contributed by atoms with Gasteiger partial charge < -0.3 is 4.74 Å². The van der Waals surface area contributed by atoms with Gasteiger partial charge >= 0.3 is 5.97 Å². The molecule has 5 nitrogen and oxygen atoms in total. The second-order valence-corrected chi connectivity index (χ2v) is 4.18. The molecule has 0 bridgehead atoms. The van der Waals surface area contributed by atoms with Crippen LogP contribution in [0.3, 0.4) is 0 Å². The van der Waals surface area contributed by atoms with Crippen molar-refractivity contribution in [2.45, 2.75) is 0 Å². The third kappa shape index (κ3) is 3.10. The molecular formula is C13H7ClFNO4. The number of esters is 1. The fourth-order valence-electron chi connectivity index (χ4n) is 1.48. The summed E-state index contributed by atoms with van der Waals surface area (Å²) in [5.74, 6) is -1.36. The van der Waals surface area contributed by atoms with Gasteiger partial charge in [-0.05, 0) is 18.2 Å². The molecule has 0 aliphatic rings. The van der Waals surface area contributed by atoms with Crippen molar-refractivity contribution < 1.29 is 18.8 Å². The molecule has 0 amide bonds. The van der Waals surface area contributed by atoms with Crippen molar-refractivity contribution in [2.24, 2.45) is 0 Å². The molecule has 0 spiro atoms. The average molecular weight is 296 g/mol. The Balaban J connectivity index is 2.23. The van der Waals surface area contributed by atoms with Gasteiger partial charge in [0, 0.05) is 18.2 Å². The first kappa shape index (κ1) is 14.0. The summed E-state index contributed by atoms with van der Waals surface area (Å²) in [7, 11) is 0. The molecule has 20 heavy (non-hydrogen) atoms. The van der Waals surface area contributed by atoms with Gasteiger partial charge in [-0.2, -0.15) is 0 Å². The summed E-state index contributed by atoms with van der Waals surface area (Å²) in [5.41, 5.74) is -0.279. The Labute approximate surface area is 117 Å². The molecule has 2 rings (SSSR count). The number of ether oxygens (including phenoxy) is 1. The Morgan fingerprint density at radius 3 is 2.60 bits per heavy atom. The summed E-state index contributed by atoms with van der Waals surface area (Å²) in [5, 5.41) is 10.4. The minimum atomic E-state index is -0.824. The van der Waals surface area contributed by atoms with Gasteiger partial charge in [-0.15, -0.1) is 0 Å². The van der Waals surface area contributed by atoms with E-state index in [4.69, 9.17) is 16.3 Å². The number of hydrogen-bond acceptors (Lipinski definition) is 4. The van der Waals surface area contributed by atoms with E-state index < -0.39 is 16.7 Å². The van der Waals surface area contributed by atoms with Crippen LogP contribution in [0.2, 0.25) is 5.02 Å². The third-order valence-corrected chi connectivity index (χ3v) is 2.70. The van der Waals surface area contributed by atoms with Gasteiger partial charge in [0.25, 0.3) is 5.69 Å². The Hall–Kier alpha value is -2.47. The van der Waals surface area contributed by atoms with Crippen LogP contribution in [0.1, 0.15) is 10.4 Å². The monoisotopic (exact) mass is 295 g/mol. The van der Waals surface area contributed by atoms with Gasteiger partial charge in [0.2, 0.25) is 0 Å². The lowest BCUT2D eigenvalue weighted by Gasteiger charge is -2.05. The number of rotatable bonds is 3. The zero-order valence-corrected chi connectivity index (χ0v) is 10.6. The fourth-order valence-corrected chi connectivity index (χ4v) is 1.73. The van der Waals surface area contributed by atoms with Crippen molar-refractivity contribution in [3.63, 3.8) is 0 Å². The SMILES string of the molecule is O=C(Oc1cccc(F)c1)c1ccc([N+](=O)[O-])cc1Cl. The van der Waals surface area contributed by atoms with Crippen molar-refractivity contribution in [1.82, 2.24) is 0 Å². The Morgan fingerprint density at radius 1 is 1.25 bits per heavy atom. The van der Waals surface area contributed by atoms with Crippen molar-refractivity contribution in [3.05, 3.63) is 69.0 Å². The summed E-state index contributed by atoms with van der Waals surface area (Å²) in [6.07, 6.45) is 0. The maximum absolute atomic E-state index is 12.9. The molecule has 7 heteroatoms. The van der Waals surface area contributed by atoms with Crippen molar-refractivity contribution >= 4 is 23.3 Å². The molecule has 0 saturated carbocycles. The highest BCUT2D eigenvalue weighted by atomic mass is 35.5. The Bertz CT molecular complexity index is 690. The van der Waals surface area contributed by atoms with Crippen molar-refractivity contribution in [3.8, 4) is 5.75 Å². The number of nitro groups is 1. The number of halogens is 2. The maximum Gasteiger partial charge on any atom is 0.345 e. The van der Waals surface area contributed by atoms with Crippen LogP contribution in [0.5, 0.6) is 5.75 Å². The van der Waals surface area contributed by atoms with Gasteiger partial charge in [0.1, 0.15) is 11.6 Å². The second-order valence-electron chi connectivity index (χ2n) is 3.77. The van der Waals surface area contributed by atoms with Crippen LogP contribution in [-0.4, -0.2) is 10.9 Å². The molecule has 0 N–H and O–H groups in total. The first-order valence-corrected chi connectivity index (χ1v) is 5.77. The third-order valence-electron chi connectivity index (χ3n) is 2.39. The van der Waals surface area contributed by atoms with Crippen LogP contribution in [0.25, 0.3) is 0 Å². The highest BCUT2D eigenvalue weighted by molar-refractivity contribution is 6.33. The lowest BCUT2D eigenvalue weighted by molar-refractivity contribution is -0.384. The molecule has 0 saturated heterocycles. The van der Waals surface area contributed by atoms with Crippen molar-refractivity contribution in [1.29, 1.82) is 0 Å². The van der Waals surface area contributed by atoms with Gasteiger partial charge in [-0.1, -0.05) is 17.7 Å². The molecule has 0 unspecified atom stereocenters. The van der Waals surface area contributed by atoms with Crippen LogP contribution in [0, 0.1) is 15.9 Å². The highest BCUT2D eigenvalue weighted by Crippen LogP contribution is 2.24. The van der Waals surface area contributed by atoms with E-state index in [9.17, 15) is 19.3 Å². The van der Waals surface area contributed by atoms with Crippen LogP contribution < -0.4 is 4.74 Å². The predicted molar refractivity (Wildman–Crippen MR) is 69.5 cm³/mol. The normalized spacial score (nSPS) is 10.1. The molecule has 0 aromatic heterocycles. The minimum Gasteiger partial charge on any atom is -0.423 e.